The van der Waals surface area contributed by atoms with Gasteiger partial charge in [0.15, 0.2) is 11.5 Å². The third-order valence-electron chi connectivity index (χ3n) is 5.00. The minimum Gasteiger partial charge on any atom is -0.493 e. The maximum Gasteiger partial charge on any atom is 0.242 e. The Morgan fingerprint density at radius 1 is 0.941 bits per heavy atom. The summed E-state index contributed by atoms with van der Waals surface area (Å²) in [6.45, 7) is -0.0697. The van der Waals surface area contributed by atoms with Gasteiger partial charge in [-0.25, -0.2) is 21.1 Å². The van der Waals surface area contributed by atoms with Gasteiger partial charge in [-0.15, -0.1) is 0 Å². The minimum absolute atomic E-state index is 0.0225. The Morgan fingerprint density at radius 2 is 1.56 bits per heavy atom. The van der Waals surface area contributed by atoms with Gasteiger partial charge in [0, 0.05) is 20.6 Å². The molecule has 2 rings (SSSR count). The number of methoxy groups -OCH3 is 2. The lowest BCUT2D eigenvalue weighted by atomic mass is 10.1. The molecule has 10 nitrogen and oxygen atoms in total. The summed E-state index contributed by atoms with van der Waals surface area (Å²) in [4.78, 5) is 12.5. The summed E-state index contributed by atoms with van der Waals surface area (Å²) in [6, 6.07) is 10.9. The van der Waals surface area contributed by atoms with E-state index in [1.165, 1.54) is 38.4 Å². The first-order valence-electron chi connectivity index (χ1n) is 10.4. The largest absolute Gasteiger partial charge is 0.493 e. The fraction of sp³-hybridized carbons (Fsp3) is 0.409. The van der Waals surface area contributed by atoms with Crippen LogP contribution in [0.4, 0.5) is 5.69 Å². The van der Waals surface area contributed by atoms with E-state index in [0.717, 1.165) is 20.4 Å². The van der Waals surface area contributed by atoms with E-state index in [4.69, 9.17) is 9.47 Å². The highest BCUT2D eigenvalue weighted by atomic mass is 32.2. The van der Waals surface area contributed by atoms with Gasteiger partial charge in [0.25, 0.3) is 0 Å². The zero-order valence-corrected chi connectivity index (χ0v) is 21.6. The molecule has 0 radical (unpaired) electrons. The zero-order chi connectivity index (χ0) is 25.5. The molecule has 1 amide bonds. The molecule has 0 aliphatic rings. The lowest BCUT2D eigenvalue weighted by Gasteiger charge is -2.22. The van der Waals surface area contributed by atoms with Crippen molar-refractivity contribution in [2.24, 2.45) is 0 Å². The molecule has 0 saturated heterocycles. The molecule has 0 heterocycles. The Bertz CT molecular complexity index is 1200. The lowest BCUT2D eigenvalue weighted by molar-refractivity contribution is -0.119. The number of nitrogens with one attached hydrogen (secondary N) is 1. The predicted molar refractivity (Wildman–Crippen MR) is 130 cm³/mol. The first-order chi connectivity index (χ1) is 15.9. The van der Waals surface area contributed by atoms with Crippen LogP contribution in [0.3, 0.4) is 0 Å². The molecule has 0 aliphatic carbocycles. The monoisotopic (exact) mass is 513 g/mol. The summed E-state index contributed by atoms with van der Waals surface area (Å²) in [5.41, 5.74) is 1.21. The third-order valence-corrected chi connectivity index (χ3v) is 7.97. The first-order valence-corrected chi connectivity index (χ1v) is 13.7. The van der Waals surface area contributed by atoms with E-state index in [1.807, 2.05) is 18.2 Å². The number of rotatable bonds is 12. The van der Waals surface area contributed by atoms with Gasteiger partial charge in [0.2, 0.25) is 26.0 Å². The molecule has 0 fully saturated rings. The standard InChI is InChI=1S/C22H31N3O7S2/c1-24(2)34(29,30)19-11-9-18(10-12-19)25(33(5,27)28)16-22(26)23-14-6-7-17-8-13-20(31-3)21(15-17)32-4/h8-13,15H,6-7,14,16H2,1-5H3,(H,23,26). The molecular weight excluding hydrogens is 482 g/mol. The molecule has 0 spiro atoms. The number of ether oxygens (including phenoxy) is 2. The van der Waals surface area contributed by atoms with Gasteiger partial charge in [0.1, 0.15) is 6.54 Å². The second kappa shape index (κ2) is 11.5. The Balaban J connectivity index is 1.99. The number of amides is 1. The van der Waals surface area contributed by atoms with E-state index < -0.39 is 32.5 Å². The summed E-state index contributed by atoms with van der Waals surface area (Å²) in [7, 11) is -1.50. The van der Waals surface area contributed by atoms with Gasteiger partial charge >= 0.3 is 0 Å². The maximum atomic E-state index is 12.4. The van der Waals surface area contributed by atoms with E-state index in [1.54, 1.807) is 14.2 Å². The summed E-state index contributed by atoms with van der Waals surface area (Å²) in [5, 5.41) is 2.72. The van der Waals surface area contributed by atoms with E-state index in [0.29, 0.717) is 30.9 Å². The molecule has 0 atom stereocenters. The van der Waals surface area contributed by atoms with Crippen molar-refractivity contribution < 1.29 is 31.1 Å². The summed E-state index contributed by atoms with van der Waals surface area (Å²) in [6.07, 6.45) is 2.30. The number of sulfonamides is 2. The van der Waals surface area contributed by atoms with Crippen LogP contribution in [-0.2, 0) is 31.3 Å². The van der Waals surface area contributed by atoms with Crippen molar-refractivity contribution in [1.82, 2.24) is 9.62 Å². The summed E-state index contributed by atoms with van der Waals surface area (Å²) in [5.74, 6) is 0.785. The number of carbonyl (C=O) groups is 1. The van der Waals surface area contributed by atoms with Crippen LogP contribution in [0.25, 0.3) is 0 Å². The number of aryl methyl sites for hydroxylation is 1. The molecule has 0 saturated carbocycles. The van der Waals surface area contributed by atoms with Crippen LogP contribution in [0.2, 0.25) is 0 Å². The summed E-state index contributed by atoms with van der Waals surface area (Å²) >= 11 is 0. The topological polar surface area (TPSA) is 122 Å². The maximum absolute atomic E-state index is 12.4. The Labute approximate surface area is 201 Å². The van der Waals surface area contributed by atoms with E-state index in [2.05, 4.69) is 5.32 Å². The normalized spacial score (nSPS) is 11.8. The number of hydrogen-bond donors (Lipinski definition) is 1. The molecule has 0 aliphatic heterocycles. The van der Waals surface area contributed by atoms with Gasteiger partial charge in [0.05, 0.1) is 31.1 Å². The molecule has 0 aromatic heterocycles. The quantitative estimate of drug-likeness (QED) is 0.427. The van der Waals surface area contributed by atoms with E-state index in [-0.39, 0.29) is 10.6 Å². The zero-order valence-electron chi connectivity index (χ0n) is 19.9. The van der Waals surface area contributed by atoms with Crippen LogP contribution in [0.5, 0.6) is 11.5 Å². The van der Waals surface area contributed by atoms with Crippen molar-refractivity contribution in [3.05, 3.63) is 48.0 Å². The van der Waals surface area contributed by atoms with Crippen LogP contribution in [-0.4, -0.2) is 74.7 Å². The molecule has 2 aromatic rings. The second-order valence-corrected chi connectivity index (χ2v) is 11.8. The van der Waals surface area contributed by atoms with Crippen molar-refractivity contribution in [2.75, 3.05) is 52.0 Å². The van der Waals surface area contributed by atoms with Crippen molar-refractivity contribution in [3.63, 3.8) is 0 Å². The Kier molecular flexibility index (Phi) is 9.30. The molecule has 34 heavy (non-hydrogen) atoms. The molecule has 1 N–H and O–H groups in total. The molecule has 188 valence electrons. The molecule has 12 heteroatoms. The number of hydrogen-bond acceptors (Lipinski definition) is 7. The Hall–Kier alpha value is -2.83. The third kappa shape index (κ3) is 7.08. The minimum atomic E-state index is -3.78. The number of nitrogens with zero attached hydrogens (tertiary/aromatic N) is 2. The van der Waals surface area contributed by atoms with Crippen molar-refractivity contribution in [1.29, 1.82) is 0 Å². The van der Waals surface area contributed by atoms with Crippen LogP contribution in [0.1, 0.15) is 12.0 Å². The fourth-order valence-electron chi connectivity index (χ4n) is 3.14. The Morgan fingerprint density at radius 3 is 2.09 bits per heavy atom. The average Bonchev–Trinajstić information content (AvgIpc) is 2.79. The van der Waals surface area contributed by atoms with Crippen LogP contribution >= 0.6 is 0 Å². The van der Waals surface area contributed by atoms with Crippen LogP contribution in [0, 0.1) is 0 Å². The second-order valence-electron chi connectivity index (χ2n) is 7.69. The predicted octanol–water partition coefficient (Wildman–Crippen LogP) is 1.47. The van der Waals surface area contributed by atoms with Gasteiger partial charge in [-0.2, -0.15) is 0 Å². The van der Waals surface area contributed by atoms with Crippen molar-refractivity contribution >= 4 is 31.6 Å². The summed E-state index contributed by atoms with van der Waals surface area (Å²) < 4.78 is 61.5. The molecule has 0 unspecified atom stereocenters. The van der Waals surface area contributed by atoms with Crippen LogP contribution in [0.15, 0.2) is 47.4 Å². The van der Waals surface area contributed by atoms with Gasteiger partial charge in [-0.1, -0.05) is 6.07 Å². The van der Waals surface area contributed by atoms with Crippen molar-refractivity contribution in [3.8, 4) is 11.5 Å². The smallest absolute Gasteiger partial charge is 0.242 e. The highest BCUT2D eigenvalue weighted by Gasteiger charge is 2.22. The first kappa shape index (κ1) is 27.4. The molecule has 2 aromatic carbocycles. The molecular formula is C22H31N3O7S2. The number of carbonyl (C=O) groups excluding carboxylic acids is 1. The highest BCUT2D eigenvalue weighted by molar-refractivity contribution is 7.92. The van der Waals surface area contributed by atoms with Gasteiger partial charge < -0.3 is 14.8 Å². The number of benzene rings is 2. The highest BCUT2D eigenvalue weighted by Crippen LogP contribution is 2.28. The average molecular weight is 514 g/mol. The van der Waals surface area contributed by atoms with E-state index in [9.17, 15) is 21.6 Å². The lowest BCUT2D eigenvalue weighted by Crippen LogP contribution is -2.40. The number of anilines is 1. The molecule has 0 bridgehead atoms. The van der Waals surface area contributed by atoms with Gasteiger partial charge in [-0.3, -0.25) is 9.10 Å². The van der Waals surface area contributed by atoms with E-state index >= 15 is 0 Å². The fourth-order valence-corrected chi connectivity index (χ4v) is 4.90. The van der Waals surface area contributed by atoms with Crippen molar-refractivity contribution in [2.45, 2.75) is 17.7 Å². The SMILES string of the molecule is COc1ccc(CCCNC(=O)CN(c2ccc(S(=O)(=O)N(C)C)cc2)S(C)(=O)=O)cc1OC. The van der Waals surface area contributed by atoms with Crippen LogP contribution < -0.4 is 19.1 Å². The van der Waals surface area contributed by atoms with Gasteiger partial charge in [-0.05, 0) is 54.8 Å².